The highest BCUT2D eigenvalue weighted by atomic mass is 16.5. The molecule has 0 fully saturated rings. The quantitative estimate of drug-likeness (QED) is 0.783. The monoisotopic (exact) mass is 250 g/mol. The Hall–Kier alpha value is -1.26. The minimum Gasteiger partial charge on any atom is -0.489 e. The van der Waals surface area contributed by atoms with Gasteiger partial charge in [0.25, 0.3) is 0 Å². The average Bonchev–Trinajstić information content (AvgIpc) is 2.39. The van der Waals surface area contributed by atoms with E-state index < -0.39 is 0 Å². The number of hydrogen-bond donors (Lipinski definition) is 1. The van der Waals surface area contributed by atoms with Gasteiger partial charge in [-0.05, 0) is 19.5 Å². The van der Waals surface area contributed by atoms with Crippen LogP contribution in [-0.2, 0) is 11.3 Å². The second-order valence-electron chi connectivity index (χ2n) is 4.65. The van der Waals surface area contributed by atoms with Crippen molar-refractivity contribution in [3.8, 4) is 5.75 Å². The smallest absolute Gasteiger partial charge is 0.146 e. The number of benzene rings is 1. The van der Waals surface area contributed by atoms with Gasteiger partial charge in [0.15, 0.2) is 0 Å². The fourth-order valence-corrected chi connectivity index (χ4v) is 2.21. The third kappa shape index (κ3) is 3.37. The van der Waals surface area contributed by atoms with Crippen LogP contribution in [0.25, 0.3) is 0 Å². The summed E-state index contributed by atoms with van der Waals surface area (Å²) in [5.74, 6) is 1.02. The van der Waals surface area contributed by atoms with Gasteiger partial charge in [0.05, 0.1) is 5.69 Å². The van der Waals surface area contributed by atoms with E-state index in [1.807, 2.05) is 0 Å². The fraction of sp³-hybridized carbons (Fsp3) is 0.571. The third-order valence-corrected chi connectivity index (χ3v) is 3.09. The maximum absolute atomic E-state index is 5.77. The van der Waals surface area contributed by atoms with Gasteiger partial charge in [0.1, 0.15) is 12.4 Å². The molecule has 2 rings (SSSR count). The molecule has 1 aliphatic rings. The summed E-state index contributed by atoms with van der Waals surface area (Å²) in [7, 11) is 3.87. The van der Waals surface area contributed by atoms with Gasteiger partial charge in [-0.15, -0.1) is 0 Å². The lowest BCUT2D eigenvalue weighted by atomic mass is 10.1. The molecule has 0 aliphatic carbocycles. The lowest BCUT2D eigenvalue weighted by Crippen LogP contribution is -2.23. The molecule has 0 amide bonds. The molecule has 100 valence electrons. The summed E-state index contributed by atoms with van der Waals surface area (Å²) >= 11 is 0. The first-order chi connectivity index (χ1) is 8.81. The van der Waals surface area contributed by atoms with Crippen molar-refractivity contribution in [2.24, 2.45) is 0 Å². The topological polar surface area (TPSA) is 33.7 Å². The molecular weight excluding hydrogens is 228 g/mol. The number of ether oxygens (including phenoxy) is 2. The molecule has 0 unspecified atom stereocenters. The molecule has 0 aromatic heterocycles. The highest BCUT2D eigenvalue weighted by molar-refractivity contribution is 5.61. The lowest BCUT2D eigenvalue weighted by Gasteiger charge is -2.24. The summed E-state index contributed by atoms with van der Waals surface area (Å²) in [6.45, 7) is 4.40. The Bertz CT molecular complexity index is 382. The molecule has 4 heteroatoms. The predicted molar refractivity (Wildman–Crippen MR) is 73.3 cm³/mol. The number of rotatable bonds is 6. The molecule has 0 saturated carbocycles. The Kier molecular flexibility index (Phi) is 4.84. The van der Waals surface area contributed by atoms with E-state index in [1.54, 1.807) is 7.11 Å². The molecule has 0 radical (unpaired) electrons. The van der Waals surface area contributed by atoms with Crippen LogP contribution in [0.2, 0.25) is 0 Å². The highest BCUT2D eigenvalue weighted by Gasteiger charge is 2.14. The Balaban J connectivity index is 1.96. The van der Waals surface area contributed by atoms with E-state index in [9.17, 15) is 0 Å². The van der Waals surface area contributed by atoms with Crippen molar-refractivity contribution in [1.82, 2.24) is 4.90 Å². The summed E-state index contributed by atoms with van der Waals surface area (Å²) in [6, 6.07) is 6.29. The van der Waals surface area contributed by atoms with Crippen LogP contribution in [-0.4, -0.2) is 45.4 Å². The molecule has 0 atom stereocenters. The summed E-state index contributed by atoms with van der Waals surface area (Å²) in [4.78, 5) is 2.30. The number of para-hydroxylation sites is 1. The molecule has 4 nitrogen and oxygen atoms in total. The van der Waals surface area contributed by atoms with Gasteiger partial charge in [-0.1, -0.05) is 12.1 Å². The minimum absolute atomic E-state index is 0.747. The van der Waals surface area contributed by atoms with Crippen LogP contribution in [0.5, 0.6) is 5.75 Å². The zero-order valence-electron chi connectivity index (χ0n) is 11.2. The first-order valence-electron chi connectivity index (χ1n) is 6.47. The van der Waals surface area contributed by atoms with Crippen molar-refractivity contribution in [1.29, 1.82) is 0 Å². The zero-order valence-corrected chi connectivity index (χ0v) is 11.2. The number of hydrogen-bond acceptors (Lipinski definition) is 4. The molecule has 0 bridgehead atoms. The molecule has 1 heterocycles. The van der Waals surface area contributed by atoms with Gasteiger partial charge in [0, 0.05) is 38.9 Å². The second kappa shape index (κ2) is 6.61. The van der Waals surface area contributed by atoms with Crippen molar-refractivity contribution >= 4 is 5.69 Å². The van der Waals surface area contributed by atoms with E-state index in [1.165, 1.54) is 5.56 Å². The number of nitrogens with zero attached hydrogens (tertiary/aromatic N) is 1. The maximum Gasteiger partial charge on any atom is 0.146 e. The van der Waals surface area contributed by atoms with E-state index in [0.717, 1.165) is 50.7 Å². The van der Waals surface area contributed by atoms with E-state index in [-0.39, 0.29) is 0 Å². The summed E-state index contributed by atoms with van der Waals surface area (Å²) < 4.78 is 10.8. The average molecular weight is 250 g/mol. The molecule has 18 heavy (non-hydrogen) atoms. The van der Waals surface area contributed by atoms with Crippen molar-refractivity contribution in [3.63, 3.8) is 0 Å². The molecule has 1 aliphatic heterocycles. The molecule has 0 spiro atoms. The van der Waals surface area contributed by atoms with Crippen LogP contribution in [0.15, 0.2) is 18.2 Å². The van der Waals surface area contributed by atoms with E-state index in [0.29, 0.717) is 0 Å². The molecule has 1 N–H and O–H groups in total. The van der Waals surface area contributed by atoms with Gasteiger partial charge in [-0.3, -0.25) is 0 Å². The van der Waals surface area contributed by atoms with Gasteiger partial charge in [-0.25, -0.2) is 0 Å². The number of nitrogens with one attached hydrogen (secondary N) is 1. The predicted octanol–water partition coefficient (Wildman–Crippen LogP) is 1.96. The SMILES string of the molecule is COCCCN(C)Cc1cccc2c1OCCN2. The van der Waals surface area contributed by atoms with Crippen molar-refractivity contribution < 1.29 is 9.47 Å². The van der Waals surface area contributed by atoms with Crippen molar-refractivity contribution in [2.45, 2.75) is 13.0 Å². The van der Waals surface area contributed by atoms with E-state index in [2.05, 4.69) is 35.5 Å². The Morgan fingerprint density at radius 3 is 3.17 bits per heavy atom. The summed E-state index contributed by atoms with van der Waals surface area (Å²) in [6.07, 6.45) is 1.06. The largest absolute Gasteiger partial charge is 0.489 e. The van der Waals surface area contributed by atoms with Crippen molar-refractivity contribution in [2.75, 3.05) is 45.8 Å². The lowest BCUT2D eigenvalue weighted by molar-refractivity contribution is 0.177. The number of anilines is 1. The first kappa shape index (κ1) is 13.2. The van der Waals surface area contributed by atoms with Crippen molar-refractivity contribution in [3.05, 3.63) is 23.8 Å². The van der Waals surface area contributed by atoms with Crippen LogP contribution in [0.1, 0.15) is 12.0 Å². The fourth-order valence-electron chi connectivity index (χ4n) is 2.21. The second-order valence-corrected chi connectivity index (χ2v) is 4.65. The number of methoxy groups -OCH3 is 1. The van der Waals surface area contributed by atoms with Gasteiger partial charge in [-0.2, -0.15) is 0 Å². The van der Waals surface area contributed by atoms with Crippen LogP contribution in [0.4, 0.5) is 5.69 Å². The zero-order chi connectivity index (χ0) is 12.8. The highest BCUT2D eigenvalue weighted by Crippen LogP contribution is 2.31. The van der Waals surface area contributed by atoms with Gasteiger partial charge in [0.2, 0.25) is 0 Å². The number of fused-ring (bicyclic) bond motifs is 1. The maximum atomic E-state index is 5.77. The van der Waals surface area contributed by atoms with E-state index >= 15 is 0 Å². The standard InChI is InChI=1S/C14H22N2O2/c1-16(8-4-9-17-2)11-12-5-3-6-13-14(12)18-10-7-15-13/h3,5-6,15H,4,7-11H2,1-2H3. The van der Waals surface area contributed by atoms with Gasteiger partial charge >= 0.3 is 0 Å². The molecular formula is C14H22N2O2. The normalized spacial score (nSPS) is 13.9. The van der Waals surface area contributed by atoms with Crippen LogP contribution in [0, 0.1) is 0 Å². The Labute approximate surface area is 109 Å². The Morgan fingerprint density at radius 2 is 2.33 bits per heavy atom. The van der Waals surface area contributed by atoms with Crippen LogP contribution in [0.3, 0.4) is 0 Å². The third-order valence-electron chi connectivity index (χ3n) is 3.09. The minimum atomic E-state index is 0.747. The van der Waals surface area contributed by atoms with Gasteiger partial charge < -0.3 is 19.7 Å². The molecule has 1 aromatic rings. The molecule has 1 aromatic carbocycles. The van der Waals surface area contributed by atoms with E-state index in [4.69, 9.17) is 9.47 Å². The first-order valence-corrected chi connectivity index (χ1v) is 6.47. The Morgan fingerprint density at radius 1 is 1.44 bits per heavy atom. The van der Waals surface area contributed by atoms with Crippen LogP contribution < -0.4 is 10.1 Å². The summed E-state index contributed by atoms with van der Waals surface area (Å²) in [5.41, 5.74) is 2.36. The summed E-state index contributed by atoms with van der Waals surface area (Å²) in [5, 5.41) is 3.37. The molecule has 0 saturated heterocycles. The van der Waals surface area contributed by atoms with Crippen LogP contribution >= 0.6 is 0 Å².